The summed E-state index contributed by atoms with van der Waals surface area (Å²) < 4.78 is 127. The molecule has 9 rings (SSSR count). The Morgan fingerprint density at radius 3 is 2.37 bits per heavy atom. The van der Waals surface area contributed by atoms with Gasteiger partial charge in [-0.3, -0.25) is 4.90 Å². The number of carbonyl (C=O) groups excluding carboxylic acids is 1. The Morgan fingerprint density at radius 2 is 1.69 bits per heavy atom. The predicted molar refractivity (Wildman–Crippen MR) is 272 cm³/mol. The second kappa shape index (κ2) is 21.2. The van der Waals surface area contributed by atoms with Crippen LogP contribution in [-0.2, 0) is 33.8 Å². The van der Waals surface area contributed by atoms with Gasteiger partial charge in [0.25, 0.3) is 0 Å². The van der Waals surface area contributed by atoms with Crippen LogP contribution in [0.5, 0.6) is 17.6 Å². The van der Waals surface area contributed by atoms with Crippen molar-refractivity contribution < 1.29 is 54.1 Å². The van der Waals surface area contributed by atoms with Gasteiger partial charge in [-0.1, -0.05) is 73.1 Å². The molecule has 7 heterocycles. The molecular weight excluding hydrogens is 1020 g/mol. The fourth-order valence-electron chi connectivity index (χ4n) is 11.1. The summed E-state index contributed by atoms with van der Waals surface area (Å²) in [6.07, 6.45) is -0.0760. The van der Waals surface area contributed by atoms with Crippen LogP contribution in [0.15, 0.2) is 77.8 Å². The lowest BCUT2D eigenvalue weighted by molar-refractivity contribution is -0.140. The fraction of sp³-hybridized carbons (Fsp3) is 0.491. The van der Waals surface area contributed by atoms with Gasteiger partial charge in [0, 0.05) is 32.7 Å². The van der Waals surface area contributed by atoms with E-state index >= 15 is 8.78 Å². The number of methoxy groups -OCH3 is 1. The maximum Gasteiger partial charge on any atom is 0.419 e. The van der Waals surface area contributed by atoms with E-state index in [4.69, 9.17) is 35.5 Å². The number of allylic oxidation sites excluding steroid dienone is 1. The molecule has 4 aliphatic rings. The number of fused-ring (bicyclic) bond motifs is 3. The molecular formula is C53H60ClF5N8O7S. The smallest absolute Gasteiger partial charge is 0.419 e. The van der Waals surface area contributed by atoms with Crippen molar-refractivity contribution in [3.05, 3.63) is 106 Å². The fourth-order valence-corrected chi connectivity index (χ4v) is 12.5. The lowest BCUT2D eigenvalue weighted by Crippen LogP contribution is -2.65. The van der Waals surface area contributed by atoms with E-state index < -0.39 is 84.3 Å². The molecule has 0 saturated carbocycles. The lowest BCUT2D eigenvalue weighted by Gasteiger charge is -2.48. The van der Waals surface area contributed by atoms with Crippen LogP contribution in [0, 0.1) is 17.6 Å². The number of halogens is 6. The number of carbonyl (C=O) groups is 1. The van der Waals surface area contributed by atoms with Gasteiger partial charge in [0.2, 0.25) is 5.88 Å². The van der Waals surface area contributed by atoms with Crippen molar-refractivity contribution in [2.75, 3.05) is 55.4 Å². The second-order valence-electron chi connectivity index (χ2n) is 20.7. The molecule has 402 valence electrons. The van der Waals surface area contributed by atoms with Crippen LogP contribution >= 0.6 is 11.6 Å². The van der Waals surface area contributed by atoms with Gasteiger partial charge < -0.3 is 33.6 Å². The minimum atomic E-state index is -5.23. The number of amides is 1. The molecule has 0 aliphatic carbocycles. The highest BCUT2D eigenvalue weighted by atomic mass is 35.5. The molecule has 3 aromatic heterocycles. The minimum Gasteiger partial charge on any atom is -0.497 e. The van der Waals surface area contributed by atoms with Crippen LogP contribution in [0.2, 0.25) is 5.15 Å². The Bertz CT molecular complexity index is 3060. The molecule has 1 amide bonds. The summed E-state index contributed by atoms with van der Waals surface area (Å²) in [4.78, 5) is 38.6. The Hall–Kier alpha value is -6.06. The number of sulfone groups is 1. The van der Waals surface area contributed by atoms with E-state index in [0.29, 0.717) is 55.0 Å². The zero-order chi connectivity index (χ0) is 53.6. The predicted octanol–water partition coefficient (Wildman–Crippen LogP) is 10.2. The molecule has 4 aliphatic heterocycles. The molecule has 0 bridgehead atoms. The summed E-state index contributed by atoms with van der Waals surface area (Å²) in [5.74, 6) is -2.57. The first kappa shape index (κ1) is 53.8. The van der Waals surface area contributed by atoms with Crippen molar-refractivity contribution in [1.82, 2.24) is 29.7 Å². The van der Waals surface area contributed by atoms with Gasteiger partial charge in [0.05, 0.1) is 36.0 Å². The lowest BCUT2D eigenvalue weighted by atomic mass is 9.89. The number of anilines is 2. The Morgan fingerprint density at radius 1 is 0.973 bits per heavy atom. The molecule has 5 atom stereocenters. The number of pyridine rings is 2. The van der Waals surface area contributed by atoms with E-state index in [9.17, 15) is 26.4 Å². The highest BCUT2D eigenvalue weighted by Gasteiger charge is 2.50. The third kappa shape index (κ3) is 11.3. The molecule has 1 unspecified atom stereocenters. The molecule has 5 aromatic rings. The first-order chi connectivity index (χ1) is 35.6. The summed E-state index contributed by atoms with van der Waals surface area (Å²) in [5.41, 5.74) is -1.66. The first-order valence-corrected chi connectivity index (χ1v) is 27.1. The van der Waals surface area contributed by atoms with Crippen molar-refractivity contribution in [3.63, 3.8) is 0 Å². The number of alkyl halides is 3. The first-order valence-electron chi connectivity index (χ1n) is 25.0. The normalized spacial score (nSPS) is 22.0. The van der Waals surface area contributed by atoms with E-state index in [2.05, 4.69) is 19.9 Å². The zero-order valence-corrected chi connectivity index (χ0v) is 44.1. The molecule has 2 aromatic carbocycles. The largest absolute Gasteiger partial charge is 0.497 e. The summed E-state index contributed by atoms with van der Waals surface area (Å²) in [6, 6.07) is 14.9. The average molecular weight is 1080 g/mol. The van der Waals surface area contributed by atoms with Crippen molar-refractivity contribution >= 4 is 50.1 Å². The summed E-state index contributed by atoms with van der Waals surface area (Å²) in [5, 5.41) is -1.47. The molecule has 0 radical (unpaired) electrons. The number of nitrogens with zero attached hydrogens (tertiary/aromatic N) is 8. The number of ether oxygens (including phenoxy) is 4. The van der Waals surface area contributed by atoms with Gasteiger partial charge in [-0.15, -0.1) is 0 Å². The Kier molecular flexibility index (Phi) is 15.2. The van der Waals surface area contributed by atoms with Gasteiger partial charge in [0.15, 0.2) is 37.5 Å². The van der Waals surface area contributed by atoms with E-state index in [1.807, 2.05) is 39.5 Å². The summed E-state index contributed by atoms with van der Waals surface area (Å²) in [7, 11) is -3.26. The summed E-state index contributed by atoms with van der Waals surface area (Å²) >= 11 is 6.36. The standard InChI is InChI=1S/C53H60ClF5N8O7S/c1-7-39-43-32(2)73-47-40-42(41(56)44(54)61-47)60-49(63-46(40)67(43)24-23-66(39)50(68)74-51(3,4)5)72-31-52-21-13-22-65(52)30-35(27-52)16-11-12-25-75(69,70)48-37(53(57,58)59)26-38(55)45(62-48)64(28-33-14-9-8-10-15-33)29-34-17-19-36(71-6)20-18-34/h8-12,14-15,17-20,26,32,35,39,43H,7,13,16,21-25,27-31H2,1-6H3/b12-11-/t32-,35?,39-,43+,52-/m0/s1. The van der Waals surface area contributed by atoms with Crippen molar-refractivity contribution in [1.29, 1.82) is 0 Å². The molecule has 0 N–H and O–H groups in total. The highest BCUT2D eigenvalue weighted by Crippen LogP contribution is 2.46. The maximum atomic E-state index is 16.0. The number of benzene rings is 2. The number of aromatic nitrogens is 4. The monoisotopic (exact) mass is 1080 g/mol. The van der Waals surface area contributed by atoms with E-state index in [-0.39, 0.29) is 67.1 Å². The van der Waals surface area contributed by atoms with Crippen LogP contribution in [0.1, 0.15) is 83.4 Å². The van der Waals surface area contributed by atoms with Gasteiger partial charge >= 0.3 is 18.3 Å². The second-order valence-corrected chi connectivity index (χ2v) is 23.0. The minimum absolute atomic E-state index is 0.00823. The summed E-state index contributed by atoms with van der Waals surface area (Å²) in [6.45, 7) is 11.4. The van der Waals surface area contributed by atoms with Gasteiger partial charge in [0.1, 0.15) is 40.8 Å². The third-order valence-electron chi connectivity index (χ3n) is 14.4. The average Bonchev–Trinajstić information content (AvgIpc) is 3.89. The highest BCUT2D eigenvalue weighted by molar-refractivity contribution is 7.91. The number of hydrogen-bond acceptors (Lipinski definition) is 14. The molecule has 15 nitrogen and oxygen atoms in total. The third-order valence-corrected chi connectivity index (χ3v) is 16.2. The van der Waals surface area contributed by atoms with Crippen LogP contribution in [0.25, 0.3) is 10.9 Å². The number of piperazine rings is 1. The molecule has 22 heteroatoms. The van der Waals surface area contributed by atoms with E-state index in [1.165, 1.54) is 18.1 Å². The number of rotatable bonds is 15. The molecule has 3 fully saturated rings. The van der Waals surface area contributed by atoms with Crippen LogP contribution in [0.4, 0.5) is 38.4 Å². The van der Waals surface area contributed by atoms with Crippen LogP contribution in [0.3, 0.4) is 0 Å². The van der Waals surface area contributed by atoms with Crippen LogP contribution in [-0.4, -0.2) is 119 Å². The topological polar surface area (TPSA) is 153 Å². The van der Waals surface area contributed by atoms with E-state index in [0.717, 1.165) is 19.4 Å². The Labute approximate surface area is 437 Å². The van der Waals surface area contributed by atoms with Crippen molar-refractivity contribution in [2.24, 2.45) is 5.92 Å². The SMILES string of the molecule is CC[C@H]1[C@H]2[C@H](C)Oc3nc(Cl)c(F)c4nc(OC[C@@]56CCCN5CC(C/C=C\CS(=O)(=O)c5nc(N(Cc7ccccc7)Cc7ccc(OC)cc7)c(F)cc5C(F)(F)F)C6)nc(c34)N2CCN1C(=O)OC(C)(C)C. The number of hydrogen-bond donors (Lipinski definition) is 0. The van der Waals surface area contributed by atoms with Crippen LogP contribution < -0.4 is 24.0 Å². The van der Waals surface area contributed by atoms with E-state index in [1.54, 1.807) is 65.6 Å². The Balaban J connectivity index is 0.924. The van der Waals surface area contributed by atoms with Crippen molar-refractivity contribution in [2.45, 2.75) is 120 Å². The maximum absolute atomic E-state index is 16.0. The van der Waals surface area contributed by atoms with Crippen molar-refractivity contribution in [3.8, 4) is 17.6 Å². The molecule has 3 saturated heterocycles. The molecule has 75 heavy (non-hydrogen) atoms. The van der Waals surface area contributed by atoms with Gasteiger partial charge in [-0.05, 0) is 102 Å². The zero-order valence-electron chi connectivity index (χ0n) is 42.5. The quantitative estimate of drug-likeness (QED) is 0.0555. The van der Waals surface area contributed by atoms with Gasteiger partial charge in [-0.25, -0.2) is 27.0 Å². The van der Waals surface area contributed by atoms with Gasteiger partial charge in [-0.2, -0.15) is 28.1 Å². The molecule has 0 spiro atoms.